The van der Waals surface area contributed by atoms with E-state index in [-0.39, 0.29) is 11.3 Å². The summed E-state index contributed by atoms with van der Waals surface area (Å²) in [5.74, 6) is -0.730. The lowest BCUT2D eigenvalue weighted by Crippen LogP contribution is -2.44. The van der Waals surface area contributed by atoms with Crippen LogP contribution in [0.4, 0.5) is 5.13 Å². The molecule has 0 bridgehead atoms. The molecule has 1 aromatic heterocycles. The van der Waals surface area contributed by atoms with E-state index in [2.05, 4.69) is 15.6 Å². The van der Waals surface area contributed by atoms with E-state index in [0.29, 0.717) is 24.4 Å². The normalized spacial score (nSPS) is 22.8. The zero-order chi connectivity index (χ0) is 17.3. The summed E-state index contributed by atoms with van der Waals surface area (Å²) in [6.07, 6.45) is 2.37. The number of anilines is 1. The number of aryl methyl sites for hydroxylation is 1. The first-order chi connectivity index (χ1) is 11.4. The molecule has 2 aliphatic heterocycles. The number of aliphatic carboxylic acids is 1. The van der Waals surface area contributed by atoms with Gasteiger partial charge in [-0.1, -0.05) is 11.3 Å². The van der Waals surface area contributed by atoms with Crippen molar-refractivity contribution in [3.63, 3.8) is 0 Å². The van der Waals surface area contributed by atoms with Gasteiger partial charge in [-0.25, -0.2) is 4.98 Å². The minimum atomic E-state index is -0.776. The van der Waals surface area contributed by atoms with Crippen molar-refractivity contribution in [3.05, 3.63) is 10.6 Å². The molecular weight excluding hydrogens is 328 g/mol. The number of thiazole rings is 1. The zero-order valence-corrected chi connectivity index (χ0v) is 14.9. The summed E-state index contributed by atoms with van der Waals surface area (Å²) < 4.78 is 0. The molecule has 2 saturated heterocycles. The lowest BCUT2D eigenvalue weighted by atomic mass is 9.76. The lowest BCUT2D eigenvalue weighted by molar-refractivity contribution is -0.139. The van der Waals surface area contributed by atoms with Crippen molar-refractivity contribution in [2.24, 2.45) is 5.41 Å². The fourth-order valence-electron chi connectivity index (χ4n) is 3.62. The van der Waals surface area contributed by atoms with Gasteiger partial charge in [0.15, 0.2) is 5.13 Å². The summed E-state index contributed by atoms with van der Waals surface area (Å²) in [6, 6.07) is -0.446. The number of carboxylic acid groups (broad SMARTS) is 1. The van der Waals surface area contributed by atoms with Crippen LogP contribution in [0.1, 0.15) is 41.6 Å². The first-order valence-electron chi connectivity index (χ1n) is 8.41. The second-order valence-electron chi connectivity index (χ2n) is 6.73. The molecule has 0 unspecified atom stereocenters. The fraction of sp³-hybridized carbons (Fsp3) is 0.688. The van der Waals surface area contributed by atoms with E-state index >= 15 is 0 Å². The van der Waals surface area contributed by atoms with Gasteiger partial charge in [-0.2, -0.15) is 0 Å². The van der Waals surface area contributed by atoms with Gasteiger partial charge < -0.3 is 20.6 Å². The molecule has 2 fully saturated rings. The molecule has 1 aromatic rings. The quantitative estimate of drug-likeness (QED) is 0.761. The molecule has 1 spiro atoms. The molecule has 0 saturated carbocycles. The molecule has 3 rings (SSSR count). The lowest BCUT2D eigenvalue weighted by Gasteiger charge is -2.38. The highest BCUT2D eigenvalue weighted by atomic mass is 32.1. The third-order valence-electron chi connectivity index (χ3n) is 5.09. The van der Waals surface area contributed by atoms with E-state index in [0.717, 1.165) is 36.8 Å². The number of amides is 1. The minimum Gasteiger partial charge on any atom is -0.480 e. The highest BCUT2D eigenvalue weighted by Crippen LogP contribution is 2.40. The van der Waals surface area contributed by atoms with Gasteiger partial charge in [0.1, 0.15) is 10.9 Å². The Labute approximate surface area is 145 Å². The Bertz CT molecular complexity index is 637. The summed E-state index contributed by atoms with van der Waals surface area (Å²) in [5.41, 5.74) is 0.798. The number of aromatic nitrogens is 1. The Morgan fingerprint density at radius 2 is 2.17 bits per heavy atom. The van der Waals surface area contributed by atoms with Crippen LogP contribution in [-0.2, 0) is 4.79 Å². The van der Waals surface area contributed by atoms with Crippen LogP contribution < -0.4 is 10.6 Å². The Morgan fingerprint density at radius 3 is 2.75 bits per heavy atom. The van der Waals surface area contributed by atoms with E-state index in [1.165, 1.54) is 11.3 Å². The average molecular weight is 352 g/mol. The molecular formula is C16H24N4O3S. The first-order valence-corrected chi connectivity index (χ1v) is 9.22. The van der Waals surface area contributed by atoms with Crippen molar-refractivity contribution < 1.29 is 14.7 Å². The number of piperidine rings is 1. The van der Waals surface area contributed by atoms with Gasteiger partial charge in [0.25, 0.3) is 5.91 Å². The molecule has 8 heteroatoms. The number of likely N-dealkylation sites (tertiary alicyclic amines) is 1. The number of nitrogens with one attached hydrogen (secondary N) is 2. The Morgan fingerprint density at radius 1 is 1.46 bits per heavy atom. The van der Waals surface area contributed by atoms with Gasteiger partial charge >= 0.3 is 5.97 Å². The van der Waals surface area contributed by atoms with Crippen LogP contribution in [0.25, 0.3) is 0 Å². The van der Waals surface area contributed by atoms with Crippen molar-refractivity contribution in [3.8, 4) is 0 Å². The molecule has 132 valence electrons. The topological polar surface area (TPSA) is 94.6 Å². The third kappa shape index (κ3) is 3.25. The number of hydrogen-bond donors (Lipinski definition) is 3. The smallest absolute Gasteiger partial charge is 0.320 e. The van der Waals surface area contributed by atoms with Gasteiger partial charge in [-0.15, -0.1) is 0 Å². The SMILES string of the molecule is CCNc1nc(C)c(C(=O)N2CCC3(CC2)CN[C@H](C(=O)O)C3)s1. The van der Waals surface area contributed by atoms with Crippen LogP contribution in [-0.4, -0.2) is 59.1 Å². The Balaban J connectivity index is 1.62. The van der Waals surface area contributed by atoms with Crippen molar-refractivity contribution >= 4 is 28.3 Å². The van der Waals surface area contributed by atoms with Crippen molar-refractivity contribution in [2.75, 3.05) is 31.5 Å². The average Bonchev–Trinajstić information content (AvgIpc) is 3.12. The number of rotatable bonds is 4. The number of carbonyl (C=O) groups excluding carboxylic acids is 1. The maximum absolute atomic E-state index is 12.8. The van der Waals surface area contributed by atoms with Crippen molar-refractivity contribution in [2.45, 2.75) is 39.2 Å². The second kappa shape index (κ2) is 6.68. The van der Waals surface area contributed by atoms with Crippen LogP contribution in [0.3, 0.4) is 0 Å². The monoisotopic (exact) mass is 352 g/mol. The summed E-state index contributed by atoms with van der Waals surface area (Å²) in [7, 11) is 0. The second-order valence-corrected chi connectivity index (χ2v) is 7.73. The summed E-state index contributed by atoms with van der Waals surface area (Å²) >= 11 is 1.41. The van der Waals surface area contributed by atoms with E-state index in [9.17, 15) is 9.59 Å². The predicted octanol–water partition coefficient (Wildman–Crippen LogP) is 1.55. The molecule has 0 radical (unpaired) electrons. The molecule has 7 nitrogen and oxygen atoms in total. The Kier molecular flexibility index (Phi) is 4.78. The van der Waals surface area contributed by atoms with Crippen LogP contribution in [0.2, 0.25) is 0 Å². The standard InChI is InChI=1S/C16H24N4O3S/c1-3-17-15-19-10(2)12(24-15)13(21)20-6-4-16(5-7-20)8-11(14(22)23)18-9-16/h11,18H,3-9H2,1-2H3,(H,17,19)(H,22,23)/t11-/m0/s1. The summed E-state index contributed by atoms with van der Waals surface area (Å²) in [4.78, 5) is 30.9. The van der Waals surface area contributed by atoms with Gasteiger partial charge in [0.05, 0.1) is 5.69 Å². The minimum absolute atomic E-state index is 0.0253. The zero-order valence-electron chi connectivity index (χ0n) is 14.1. The first kappa shape index (κ1) is 17.2. The highest BCUT2D eigenvalue weighted by Gasteiger charge is 2.44. The molecule has 2 aliphatic rings. The summed E-state index contributed by atoms with van der Waals surface area (Å²) in [5, 5.41) is 16.2. The third-order valence-corrected chi connectivity index (χ3v) is 6.19. The van der Waals surface area contributed by atoms with E-state index in [1.54, 1.807) is 0 Å². The predicted molar refractivity (Wildman–Crippen MR) is 92.6 cm³/mol. The highest BCUT2D eigenvalue weighted by molar-refractivity contribution is 7.17. The van der Waals surface area contributed by atoms with Crippen molar-refractivity contribution in [1.82, 2.24) is 15.2 Å². The van der Waals surface area contributed by atoms with E-state index in [4.69, 9.17) is 5.11 Å². The van der Waals surface area contributed by atoms with Crippen LogP contribution >= 0.6 is 11.3 Å². The van der Waals surface area contributed by atoms with E-state index in [1.807, 2.05) is 18.7 Å². The number of hydrogen-bond acceptors (Lipinski definition) is 6. The summed E-state index contributed by atoms with van der Waals surface area (Å²) in [6.45, 7) is 6.75. The Hall–Kier alpha value is -1.67. The van der Waals surface area contributed by atoms with E-state index < -0.39 is 12.0 Å². The van der Waals surface area contributed by atoms with Gasteiger partial charge in [0.2, 0.25) is 0 Å². The molecule has 1 amide bonds. The number of carboxylic acids is 1. The maximum Gasteiger partial charge on any atom is 0.320 e. The molecule has 0 aliphatic carbocycles. The molecule has 24 heavy (non-hydrogen) atoms. The van der Waals surface area contributed by atoms with Crippen molar-refractivity contribution in [1.29, 1.82) is 0 Å². The van der Waals surface area contributed by atoms with Crippen LogP contribution in [0.5, 0.6) is 0 Å². The maximum atomic E-state index is 12.8. The van der Waals surface area contributed by atoms with Gasteiger partial charge in [-0.3, -0.25) is 9.59 Å². The number of nitrogens with zero attached hydrogens (tertiary/aromatic N) is 2. The van der Waals surface area contributed by atoms with Crippen LogP contribution in [0.15, 0.2) is 0 Å². The molecule has 3 N–H and O–H groups in total. The van der Waals surface area contributed by atoms with Crippen LogP contribution in [0, 0.1) is 12.3 Å². The number of carbonyl (C=O) groups is 2. The van der Waals surface area contributed by atoms with Gasteiger partial charge in [0, 0.05) is 26.2 Å². The molecule has 3 heterocycles. The fourth-order valence-corrected chi connectivity index (χ4v) is 4.62. The van der Waals surface area contributed by atoms with Gasteiger partial charge in [-0.05, 0) is 38.5 Å². The molecule has 1 atom stereocenters. The largest absolute Gasteiger partial charge is 0.480 e. The molecule has 0 aromatic carbocycles.